The van der Waals surface area contributed by atoms with E-state index >= 15 is 0 Å². The number of amides is 1. The first-order valence-electron chi connectivity index (χ1n) is 7.04. The molecule has 2 heterocycles. The van der Waals surface area contributed by atoms with E-state index in [1.807, 2.05) is 4.90 Å². The molecule has 0 unspecified atom stereocenters. The zero-order valence-corrected chi connectivity index (χ0v) is 12.1. The van der Waals surface area contributed by atoms with E-state index in [-0.39, 0.29) is 11.4 Å². The molecule has 1 aliphatic heterocycles. The number of nitrogens with one attached hydrogen (secondary N) is 1. The summed E-state index contributed by atoms with van der Waals surface area (Å²) in [7, 11) is 0. The maximum atomic E-state index is 13.2. The maximum Gasteiger partial charge on any atom is 0.274 e. The Labute approximate surface area is 131 Å². The molecule has 23 heavy (non-hydrogen) atoms. The van der Waals surface area contributed by atoms with Gasteiger partial charge in [0, 0.05) is 30.9 Å². The van der Waals surface area contributed by atoms with Crippen molar-refractivity contribution in [3.63, 3.8) is 0 Å². The monoisotopic (exact) mass is 320 g/mol. The van der Waals surface area contributed by atoms with Crippen LogP contribution in [0.5, 0.6) is 0 Å². The molecule has 0 bridgehead atoms. The Morgan fingerprint density at radius 3 is 2.65 bits per heavy atom. The van der Waals surface area contributed by atoms with Crippen LogP contribution in [-0.2, 0) is 4.74 Å². The van der Waals surface area contributed by atoms with E-state index in [1.165, 1.54) is 12.4 Å². The molecule has 1 saturated heterocycles. The van der Waals surface area contributed by atoms with Gasteiger partial charge in [0.05, 0.1) is 13.2 Å². The number of carbonyl (C=O) groups excluding carboxylic acids is 1. The predicted octanol–water partition coefficient (Wildman–Crippen LogP) is 1.84. The van der Waals surface area contributed by atoms with Gasteiger partial charge in [0.25, 0.3) is 5.91 Å². The Morgan fingerprint density at radius 1 is 1.13 bits per heavy atom. The molecule has 1 aliphatic rings. The first-order chi connectivity index (χ1) is 11.1. The number of halogens is 2. The molecule has 0 spiro atoms. The van der Waals surface area contributed by atoms with Crippen molar-refractivity contribution < 1.29 is 18.3 Å². The highest BCUT2D eigenvalue weighted by molar-refractivity contribution is 6.03. The van der Waals surface area contributed by atoms with Gasteiger partial charge in [-0.05, 0) is 12.1 Å². The van der Waals surface area contributed by atoms with Crippen molar-refractivity contribution in [2.45, 2.75) is 0 Å². The van der Waals surface area contributed by atoms with Crippen molar-refractivity contribution in [3.05, 3.63) is 47.9 Å². The van der Waals surface area contributed by atoms with Crippen LogP contribution < -0.4 is 10.2 Å². The molecule has 1 aromatic carbocycles. The van der Waals surface area contributed by atoms with Crippen LogP contribution in [0.25, 0.3) is 0 Å². The van der Waals surface area contributed by atoms with Crippen molar-refractivity contribution in [1.29, 1.82) is 0 Å². The predicted molar refractivity (Wildman–Crippen MR) is 79.4 cm³/mol. The fourth-order valence-corrected chi connectivity index (χ4v) is 2.21. The third-order valence-corrected chi connectivity index (χ3v) is 3.40. The molecular weight excluding hydrogens is 306 g/mol. The Bertz CT molecular complexity index is 720. The summed E-state index contributed by atoms with van der Waals surface area (Å²) in [5.41, 5.74) is 0.298. The van der Waals surface area contributed by atoms with Crippen molar-refractivity contribution in [2.75, 3.05) is 36.5 Å². The van der Waals surface area contributed by atoms with Crippen LogP contribution in [-0.4, -0.2) is 42.2 Å². The van der Waals surface area contributed by atoms with Crippen LogP contribution in [0.1, 0.15) is 10.5 Å². The average Bonchev–Trinajstić information content (AvgIpc) is 2.59. The highest BCUT2D eigenvalue weighted by Gasteiger charge is 2.16. The minimum Gasteiger partial charge on any atom is -0.378 e. The van der Waals surface area contributed by atoms with Crippen LogP contribution in [0.15, 0.2) is 30.6 Å². The summed E-state index contributed by atoms with van der Waals surface area (Å²) >= 11 is 0. The molecule has 3 rings (SSSR count). The SMILES string of the molecule is O=C(Nc1ccc(F)c(F)c1)c1cc(N2CCOCC2)ncn1. The lowest BCUT2D eigenvalue weighted by molar-refractivity contribution is 0.102. The Balaban J connectivity index is 1.75. The number of ether oxygens (including phenoxy) is 1. The molecule has 6 nitrogen and oxygen atoms in total. The normalized spacial score (nSPS) is 14.6. The standard InChI is InChI=1S/C15H14F2N4O2/c16-11-2-1-10(7-12(11)17)20-15(22)13-8-14(19-9-18-13)21-3-5-23-6-4-21/h1-2,7-9H,3-6H2,(H,20,22). The minimum atomic E-state index is -1.03. The summed E-state index contributed by atoms with van der Waals surface area (Å²) in [4.78, 5) is 22.2. The molecule has 120 valence electrons. The van der Waals surface area contributed by atoms with Crippen LogP contribution in [0.2, 0.25) is 0 Å². The van der Waals surface area contributed by atoms with E-state index < -0.39 is 17.5 Å². The number of hydrogen-bond acceptors (Lipinski definition) is 5. The fraction of sp³-hybridized carbons (Fsp3) is 0.267. The van der Waals surface area contributed by atoms with Gasteiger partial charge in [0.1, 0.15) is 17.8 Å². The quantitative estimate of drug-likeness (QED) is 0.935. The van der Waals surface area contributed by atoms with Crippen LogP contribution in [0, 0.1) is 11.6 Å². The highest BCUT2D eigenvalue weighted by Crippen LogP contribution is 2.16. The zero-order valence-electron chi connectivity index (χ0n) is 12.1. The largest absolute Gasteiger partial charge is 0.378 e. The van der Waals surface area contributed by atoms with Crippen LogP contribution in [0.4, 0.5) is 20.3 Å². The van der Waals surface area contributed by atoms with Gasteiger partial charge in [-0.15, -0.1) is 0 Å². The third-order valence-electron chi connectivity index (χ3n) is 3.40. The van der Waals surface area contributed by atoms with E-state index in [0.29, 0.717) is 32.1 Å². The molecule has 8 heteroatoms. The molecule has 1 N–H and O–H groups in total. The number of rotatable bonds is 3. The lowest BCUT2D eigenvalue weighted by atomic mass is 10.2. The molecule has 0 aliphatic carbocycles. The number of morpholine rings is 1. The summed E-state index contributed by atoms with van der Waals surface area (Å²) < 4.78 is 31.3. The first kappa shape index (κ1) is 15.3. The summed E-state index contributed by atoms with van der Waals surface area (Å²) in [6, 6.07) is 4.70. The second-order valence-corrected chi connectivity index (χ2v) is 4.94. The molecule has 0 atom stereocenters. The van der Waals surface area contributed by atoms with Crippen molar-refractivity contribution in [3.8, 4) is 0 Å². The van der Waals surface area contributed by atoms with Crippen LogP contribution >= 0.6 is 0 Å². The minimum absolute atomic E-state index is 0.145. The second-order valence-electron chi connectivity index (χ2n) is 4.94. The van der Waals surface area contributed by atoms with Gasteiger partial charge >= 0.3 is 0 Å². The molecular formula is C15H14F2N4O2. The van der Waals surface area contributed by atoms with E-state index in [9.17, 15) is 13.6 Å². The van der Waals surface area contributed by atoms with E-state index in [4.69, 9.17) is 4.74 Å². The number of carbonyl (C=O) groups is 1. The van der Waals surface area contributed by atoms with Crippen molar-refractivity contribution >= 4 is 17.4 Å². The van der Waals surface area contributed by atoms with Gasteiger partial charge in [0.2, 0.25) is 0 Å². The average molecular weight is 320 g/mol. The van der Waals surface area contributed by atoms with Gasteiger partial charge in [0.15, 0.2) is 11.6 Å². The summed E-state index contributed by atoms with van der Waals surface area (Å²) in [6.45, 7) is 2.56. The smallest absolute Gasteiger partial charge is 0.274 e. The molecule has 1 aromatic heterocycles. The Hall–Kier alpha value is -2.61. The topological polar surface area (TPSA) is 67.4 Å². The lowest BCUT2D eigenvalue weighted by Gasteiger charge is -2.27. The van der Waals surface area contributed by atoms with Gasteiger partial charge in [-0.1, -0.05) is 0 Å². The molecule has 1 fully saturated rings. The Kier molecular flexibility index (Phi) is 4.42. The third kappa shape index (κ3) is 3.59. The van der Waals surface area contributed by atoms with Crippen molar-refractivity contribution in [2.24, 2.45) is 0 Å². The highest BCUT2D eigenvalue weighted by atomic mass is 19.2. The van der Waals surface area contributed by atoms with Crippen LogP contribution in [0.3, 0.4) is 0 Å². The van der Waals surface area contributed by atoms with Gasteiger partial charge in [-0.25, -0.2) is 18.7 Å². The van der Waals surface area contributed by atoms with Crippen molar-refractivity contribution in [1.82, 2.24) is 9.97 Å². The number of hydrogen-bond donors (Lipinski definition) is 1. The second kappa shape index (κ2) is 6.66. The zero-order chi connectivity index (χ0) is 16.2. The van der Waals surface area contributed by atoms with E-state index in [1.54, 1.807) is 6.07 Å². The molecule has 0 radical (unpaired) electrons. The number of aromatic nitrogens is 2. The van der Waals surface area contributed by atoms with E-state index in [2.05, 4.69) is 15.3 Å². The summed E-state index contributed by atoms with van der Waals surface area (Å²) in [5.74, 6) is -1.90. The summed E-state index contributed by atoms with van der Waals surface area (Å²) in [5, 5.41) is 2.48. The molecule has 2 aromatic rings. The Morgan fingerprint density at radius 2 is 1.91 bits per heavy atom. The van der Waals surface area contributed by atoms with E-state index in [0.717, 1.165) is 12.1 Å². The number of nitrogens with zero attached hydrogens (tertiary/aromatic N) is 3. The fourth-order valence-electron chi connectivity index (χ4n) is 2.21. The molecule has 0 saturated carbocycles. The van der Waals surface area contributed by atoms with Gasteiger partial charge < -0.3 is 15.0 Å². The van der Waals surface area contributed by atoms with Gasteiger partial charge in [-0.3, -0.25) is 4.79 Å². The van der Waals surface area contributed by atoms with Gasteiger partial charge in [-0.2, -0.15) is 0 Å². The number of anilines is 2. The number of benzene rings is 1. The maximum absolute atomic E-state index is 13.2. The lowest BCUT2D eigenvalue weighted by Crippen LogP contribution is -2.37. The summed E-state index contributed by atoms with van der Waals surface area (Å²) in [6.07, 6.45) is 1.30. The first-order valence-corrected chi connectivity index (χ1v) is 7.04. The molecule has 1 amide bonds.